The highest BCUT2D eigenvalue weighted by atomic mass is 16.7. The Balaban J connectivity index is 2.06. The van der Waals surface area contributed by atoms with Gasteiger partial charge in [-0.1, -0.05) is 0 Å². The Morgan fingerprint density at radius 3 is 2.41 bits per heavy atom. The largest absolute Gasteiger partial charge is 0.493 e. The van der Waals surface area contributed by atoms with Crippen LogP contribution in [-0.4, -0.2) is 72.0 Å². The van der Waals surface area contributed by atoms with Crippen LogP contribution in [0.25, 0.3) is 11.0 Å². The third-order valence-electron chi connectivity index (χ3n) is 4.29. The monoisotopic (exact) mass is 384 g/mol. The van der Waals surface area contributed by atoms with Gasteiger partial charge in [0.15, 0.2) is 11.3 Å². The van der Waals surface area contributed by atoms with Crippen LogP contribution in [0.4, 0.5) is 0 Å². The Morgan fingerprint density at radius 1 is 1.04 bits per heavy atom. The summed E-state index contributed by atoms with van der Waals surface area (Å²) in [6.07, 6.45) is -7.38. The number of aliphatic hydroxyl groups excluding tert-OH is 4. The summed E-state index contributed by atoms with van der Waals surface area (Å²) in [5.41, 5.74) is -0.518. The summed E-state index contributed by atoms with van der Waals surface area (Å²) in [6.45, 7) is -0.605. The molecule has 1 aliphatic rings. The lowest BCUT2D eigenvalue weighted by atomic mass is 9.99. The van der Waals surface area contributed by atoms with Crippen LogP contribution in [0.5, 0.6) is 17.2 Å². The number of ether oxygens (including phenoxy) is 4. The van der Waals surface area contributed by atoms with Gasteiger partial charge >= 0.3 is 5.63 Å². The Hall–Kier alpha value is -2.37. The van der Waals surface area contributed by atoms with E-state index in [-0.39, 0.29) is 22.8 Å². The van der Waals surface area contributed by atoms with Gasteiger partial charge in [-0.2, -0.15) is 0 Å². The first-order valence-electron chi connectivity index (χ1n) is 8.07. The van der Waals surface area contributed by atoms with E-state index >= 15 is 0 Å². The van der Waals surface area contributed by atoms with Gasteiger partial charge in [0.05, 0.1) is 20.8 Å². The molecule has 27 heavy (non-hydrogen) atoms. The SMILES string of the molecule is COc1cc2ccc(=O)oc2c(OC)c1O[C@H]1O[C@H](CO)[C@@H](O)[C@H](O)[C@H]1O. The van der Waals surface area contributed by atoms with Crippen molar-refractivity contribution in [1.82, 2.24) is 0 Å². The van der Waals surface area contributed by atoms with Gasteiger partial charge in [-0.15, -0.1) is 0 Å². The zero-order valence-corrected chi connectivity index (χ0v) is 14.6. The molecule has 0 spiro atoms. The molecule has 0 bridgehead atoms. The van der Waals surface area contributed by atoms with Crippen molar-refractivity contribution in [3.63, 3.8) is 0 Å². The average Bonchev–Trinajstić information content (AvgIpc) is 2.67. The van der Waals surface area contributed by atoms with Gasteiger partial charge in [-0.3, -0.25) is 0 Å². The Kier molecular flexibility index (Phi) is 5.53. The van der Waals surface area contributed by atoms with E-state index in [1.54, 1.807) is 0 Å². The van der Waals surface area contributed by atoms with Crippen molar-refractivity contribution >= 4 is 11.0 Å². The Bertz CT molecular complexity index is 861. The minimum Gasteiger partial charge on any atom is -0.493 e. The molecule has 1 aromatic carbocycles. The molecule has 1 saturated heterocycles. The van der Waals surface area contributed by atoms with Crippen molar-refractivity contribution in [2.75, 3.05) is 20.8 Å². The number of hydrogen-bond donors (Lipinski definition) is 4. The molecule has 0 saturated carbocycles. The molecule has 10 nitrogen and oxygen atoms in total. The summed E-state index contributed by atoms with van der Waals surface area (Å²) in [5.74, 6) is 0.148. The Morgan fingerprint density at radius 2 is 1.78 bits per heavy atom. The van der Waals surface area contributed by atoms with E-state index in [2.05, 4.69) is 0 Å². The second kappa shape index (κ2) is 7.71. The molecule has 0 unspecified atom stereocenters. The van der Waals surface area contributed by atoms with Crippen molar-refractivity contribution < 1.29 is 43.8 Å². The average molecular weight is 384 g/mol. The van der Waals surface area contributed by atoms with Crippen molar-refractivity contribution in [3.8, 4) is 17.2 Å². The third kappa shape index (κ3) is 3.45. The van der Waals surface area contributed by atoms with Crippen molar-refractivity contribution in [2.24, 2.45) is 0 Å². The van der Waals surface area contributed by atoms with Crippen molar-refractivity contribution in [3.05, 3.63) is 28.6 Å². The maximum absolute atomic E-state index is 11.6. The van der Waals surface area contributed by atoms with Gasteiger partial charge in [0.2, 0.25) is 17.8 Å². The molecule has 3 rings (SSSR count). The molecular weight excluding hydrogens is 364 g/mol. The van der Waals surface area contributed by atoms with E-state index in [9.17, 15) is 25.2 Å². The second-order valence-corrected chi connectivity index (χ2v) is 5.93. The highest BCUT2D eigenvalue weighted by molar-refractivity contribution is 5.88. The third-order valence-corrected chi connectivity index (χ3v) is 4.29. The summed E-state index contributed by atoms with van der Waals surface area (Å²) in [4.78, 5) is 11.6. The summed E-state index contributed by atoms with van der Waals surface area (Å²) in [6, 6.07) is 4.28. The summed E-state index contributed by atoms with van der Waals surface area (Å²) in [5, 5.41) is 39.7. The molecule has 5 atom stereocenters. The lowest BCUT2D eigenvalue weighted by Crippen LogP contribution is -2.60. The van der Waals surface area contributed by atoms with Crippen molar-refractivity contribution in [1.29, 1.82) is 0 Å². The number of fused-ring (bicyclic) bond motifs is 1. The molecule has 2 aromatic rings. The molecular formula is C17H20O10. The zero-order valence-electron chi connectivity index (χ0n) is 14.6. The molecule has 1 aliphatic heterocycles. The van der Waals surface area contributed by atoms with Gasteiger partial charge < -0.3 is 43.8 Å². The first kappa shape index (κ1) is 19.4. The topological polar surface area (TPSA) is 148 Å². The van der Waals surface area contributed by atoms with Gasteiger partial charge in [-0.25, -0.2) is 4.79 Å². The van der Waals surface area contributed by atoms with Crippen molar-refractivity contribution in [2.45, 2.75) is 30.7 Å². The summed E-state index contributed by atoms with van der Waals surface area (Å²) in [7, 11) is 2.70. The fourth-order valence-corrected chi connectivity index (χ4v) is 2.87. The molecule has 1 fully saturated rings. The zero-order chi connectivity index (χ0) is 19.7. The molecule has 0 amide bonds. The lowest BCUT2D eigenvalue weighted by molar-refractivity contribution is -0.277. The predicted octanol–water partition coefficient (Wildman–Crippen LogP) is -1.01. The van der Waals surface area contributed by atoms with Crippen LogP contribution < -0.4 is 19.8 Å². The lowest BCUT2D eigenvalue weighted by Gasteiger charge is -2.39. The number of aliphatic hydroxyl groups is 4. The van der Waals surface area contributed by atoms with E-state index in [0.717, 1.165) is 0 Å². The molecule has 0 radical (unpaired) electrons. The first-order chi connectivity index (χ1) is 12.9. The van der Waals surface area contributed by atoms with Crippen LogP contribution in [0.1, 0.15) is 0 Å². The van der Waals surface area contributed by atoms with E-state index < -0.39 is 42.9 Å². The maximum atomic E-state index is 11.6. The van der Waals surface area contributed by atoms with Crippen LogP contribution in [0.2, 0.25) is 0 Å². The van der Waals surface area contributed by atoms with Crippen LogP contribution in [0.15, 0.2) is 27.4 Å². The molecule has 2 heterocycles. The quantitative estimate of drug-likeness (QED) is 0.473. The second-order valence-electron chi connectivity index (χ2n) is 5.93. The fraction of sp³-hybridized carbons (Fsp3) is 0.471. The highest BCUT2D eigenvalue weighted by Gasteiger charge is 2.45. The smallest absolute Gasteiger partial charge is 0.336 e. The minimum absolute atomic E-state index is 0.0130. The van der Waals surface area contributed by atoms with E-state index in [1.807, 2.05) is 0 Å². The van der Waals surface area contributed by atoms with E-state index in [1.165, 1.54) is 32.4 Å². The van der Waals surface area contributed by atoms with E-state index in [4.69, 9.17) is 23.4 Å². The highest BCUT2D eigenvalue weighted by Crippen LogP contribution is 2.44. The molecule has 10 heteroatoms. The maximum Gasteiger partial charge on any atom is 0.336 e. The van der Waals surface area contributed by atoms with Gasteiger partial charge in [0.25, 0.3) is 0 Å². The van der Waals surface area contributed by atoms with E-state index in [0.29, 0.717) is 5.39 Å². The van der Waals surface area contributed by atoms with Crippen LogP contribution >= 0.6 is 0 Å². The number of benzene rings is 1. The molecule has 148 valence electrons. The van der Waals surface area contributed by atoms with Crippen LogP contribution in [-0.2, 0) is 4.74 Å². The Labute approximate surface area is 153 Å². The van der Waals surface area contributed by atoms with Gasteiger partial charge in [-0.05, 0) is 12.1 Å². The van der Waals surface area contributed by atoms with Gasteiger partial charge in [0.1, 0.15) is 24.4 Å². The number of methoxy groups -OCH3 is 2. The summed E-state index contributed by atoms with van der Waals surface area (Å²) < 4.78 is 26.7. The van der Waals surface area contributed by atoms with Crippen LogP contribution in [0.3, 0.4) is 0 Å². The molecule has 1 aromatic heterocycles. The van der Waals surface area contributed by atoms with Gasteiger partial charge in [0, 0.05) is 11.5 Å². The summed E-state index contributed by atoms with van der Waals surface area (Å²) >= 11 is 0. The standard InChI is InChI=1S/C17H20O10/c1-23-8-5-7-3-4-10(19)26-14(7)16(24-2)15(8)27-17-13(22)12(21)11(20)9(6-18)25-17/h3-5,9,11-13,17-18,20-22H,6H2,1-2H3/t9-,11-,12+,13-,17-/m1/s1. The fourth-order valence-electron chi connectivity index (χ4n) is 2.87. The number of hydrogen-bond acceptors (Lipinski definition) is 10. The number of rotatable bonds is 5. The predicted molar refractivity (Wildman–Crippen MR) is 90.0 cm³/mol. The van der Waals surface area contributed by atoms with Crippen LogP contribution in [0, 0.1) is 0 Å². The minimum atomic E-state index is -1.63. The first-order valence-corrected chi connectivity index (χ1v) is 8.07. The molecule has 0 aliphatic carbocycles. The molecule has 4 N–H and O–H groups in total. The normalized spacial score (nSPS) is 28.1.